The van der Waals surface area contributed by atoms with Crippen LogP contribution in [0.5, 0.6) is 0 Å². The van der Waals surface area contributed by atoms with Crippen LogP contribution in [0.2, 0.25) is 5.02 Å². The molecule has 198 valence electrons. The standard InChI is InChI=1S/C31H35ClN4O2/c1-5-6-11-18-35(30(38)24-17-16-22-12-7-8-13-23(22)19-24)21-29(37)33-28-20-27(31(2,3)4)34-36(28)26-15-10-9-14-25(26)32/h7-10,12-17,19-20H,5-6,11,18,21H2,1-4H3,(H,33,37). The normalized spacial score (nSPS) is 11.5. The Bertz CT molecular complexity index is 1440. The highest BCUT2D eigenvalue weighted by atomic mass is 35.5. The molecule has 1 N–H and O–H groups in total. The van der Waals surface area contributed by atoms with Crippen LogP contribution < -0.4 is 5.32 Å². The van der Waals surface area contributed by atoms with Crippen molar-refractivity contribution in [2.24, 2.45) is 0 Å². The number of fused-ring (bicyclic) bond motifs is 1. The number of nitrogens with one attached hydrogen (secondary N) is 1. The molecule has 7 heteroatoms. The molecule has 0 aliphatic carbocycles. The fourth-order valence-corrected chi connectivity index (χ4v) is 4.53. The van der Waals surface area contributed by atoms with E-state index in [0.717, 1.165) is 35.7 Å². The van der Waals surface area contributed by atoms with Gasteiger partial charge in [0.05, 0.1) is 16.4 Å². The summed E-state index contributed by atoms with van der Waals surface area (Å²) < 4.78 is 1.66. The van der Waals surface area contributed by atoms with Crippen LogP contribution in [0.4, 0.5) is 5.82 Å². The van der Waals surface area contributed by atoms with Gasteiger partial charge in [0.1, 0.15) is 12.4 Å². The van der Waals surface area contributed by atoms with Gasteiger partial charge in [0.15, 0.2) is 0 Å². The maximum Gasteiger partial charge on any atom is 0.254 e. The lowest BCUT2D eigenvalue weighted by Crippen LogP contribution is -2.39. The number of amides is 2. The Balaban J connectivity index is 1.59. The average Bonchev–Trinajstić information content (AvgIpc) is 3.31. The summed E-state index contributed by atoms with van der Waals surface area (Å²) in [5, 5.41) is 10.3. The van der Waals surface area contributed by atoms with Crippen molar-refractivity contribution < 1.29 is 9.59 Å². The molecule has 3 aromatic carbocycles. The Morgan fingerprint density at radius 2 is 1.66 bits per heavy atom. The van der Waals surface area contributed by atoms with Crippen LogP contribution in [-0.2, 0) is 10.2 Å². The summed E-state index contributed by atoms with van der Waals surface area (Å²) >= 11 is 6.47. The topological polar surface area (TPSA) is 67.2 Å². The van der Waals surface area contributed by atoms with Gasteiger partial charge in [-0.15, -0.1) is 0 Å². The van der Waals surface area contributed by atoms with Gasteiger partial charge in [-0.25, -0.2) is 4.68 Å². The van der Waals surface area contributed by atoms with Gasteiger partial charge in [-0.05, 0) is 41.5 Å². The van der Waals surface area contributed by atoms with E-state index in [4.69, 9.17) is 16.7 Å². The summed E-state index contributed by atoms with van der Waals surface area (Å²) in [6, 6.07) is 22.9. The molecule has 0 saturated carbocycles. The maximum absolute atomic E-state index is 13.6. The van der Waals surface area contributed by atoms with E-state index >= 15 is 0 Å². The number of carbonyl (C=O) groups excluding carboxylic acids is 2. The van der Waals surface area contributed by atoms with Crippen molar-refractivity contribution in [3.05, 3.63) is 89.1 Å². The third-order valence-corrected chi connectivity index (χ3v) is 6.80. The highest BCUT2D eigenvalue weighted by Crippen LogP contribution is 2.29. The number of para-hydroxylation sites is 1. The van der Waals surface area contributed by atoms with Crippen molar-refractivity contribution in [3.63, 3.8) is 0 Å². The van der Waals surface area contributed by atoms with E-state index < -0.39 is 0 Å². The van der Waals surface area contributed by atoms with Gasteiger partial charge in [0.2, 0.25) is 5.91 Å². The second-order valence-corrected chi connectivity index (χ2v) is 11.0. The van der Waals surface area contributed by atoms with Crippen LogP contribution in [0.1, 0.15) is 63.0 Å². The van der Waals surface area contributed by atoms with Gasteiger partial charge < -0.3 is 10.2 Å². The van der Waals surface area contributed by atoms with Gasteiger partial charge in [0.25, 0.3) is 5.91 Å². The highest BCUT2D eigenvalue weighted by molar-refractivity contribution is 6.32. The minimum absolute atomic E-state index is 0.0616. The lowest BCUT2D eigenvalue weighted by Gasteiger charge is -2.22. The van der Waals surface area contributed by atoms with Crippen LogP contribution in [0.15, 0.2) is 72.8 Å². The van der Waals surface area contributed by atoms with Crippen molar-refractivity contribution in [3.8, 4) is 5.69 Å². The first-order valence-corrected chi connectivity index (χ1v) is 13.5. The first-order valence-electron chi connectivity index (χ1n) is 13.1. The summed E-state index contributed by atoms with van der Waals surface area (Å²) in [6.07, 6.45) is 2.84. The molecule has 0 aliphatic rings. The van der Waals surface area contributed by atoms with E-state index in [2.05, 4.69) is 33.0 Å². The number of unbranched alkanes of at least 4 members (excludes halogenated alkanes) is 2. The third kappa shape index (κ3) is 6.43. The van der Waals surface area contributed by atoms with E-state index in [1.54, 1.807) is 15.6 Å². The number of benzene rings is 3. The molecule has 6 nitrogen and oxygen atoms in total. The van der Waals surface area contributed by atoms with Crippen molar-refractivity contribution in [2.75, 3.05) is 18.4 Å². The van der Waals surface area contributed by atoms with E-state index in [-0.39, 0.29) is 23.8 Å². The molecule has 0 unspecified atom stereocenters. The number of hydrogen-bond acceptors (Lipinski definition) is 3. The van der Waals surface area contributed by atoms with Crippen LogP contribution in [0.3, 0.4) is 0 Å². The first kappa shape index (κ1) is 27.4. The van der Waals surface area contributed by atoms with Gasteiger partial charge >= 0.3 is 0 Å². The zero-order chi connectivity index (χ0) is 27.3. The Hall–Kier alpha value is -3.64. The molecule has 1 heterocycles. The molecule has 38 heavy (non-hydrogen) atoms. The van der Waals surface area contributed by atoms with Gasteiger partial charge in [0, 0.05) is 23.6 Å². The smallest absolute Gasteiger partial charge is 0.254 e. The van der Waals surface area contributed by atoms with Gasteiger partial charge in [-0.2, -0.15) is 5.10 Å². The first-order chi connectivity index (χ1) is 18.2. The van der Waals surface area contributed by atoms with Crippen molar-refractivity contribution in [2.45, 2.75) is 52.4 Å². The highest BCUT2D eigenvalue weighted by Gasteiger charge is 2.24. The van der Waals surface area contributed by atoms with Crippen LogP contribution in [0.25, 0.3) is 16.5 Å². The van der Waals surface area contributed by atoms with E-state index in [9.17, 15) is 9.59 Å². The zero-order valence-corrected chi connectivity index (χ0v) is 23.3. The van der Waals surface area contributed by atoms with E-state index in [1.807, 2.05) is 66.7 Å². The summed E-state index contributed by atoms with van der Waals surface area (Å²) in [7, 11) is 0. The quantitative estimate of drug-likeness (QED) is 0.232. The minimum Gasteiger partial charge on any atom is -0.329 e. The Kier molecular flexibility index (Phi) is 8.52. The third-order valence-electron chi connectivity index (χ3n) is 6.48. The van der Waals surface area contributed by atoms with Gasteiger partial charge in [-0.1, -0.05) is 94.6 Å². The number of anilines is 1. The molecule has 1 aromatic heterocycles. The zero-order valence-electron chi connectivity index (χ0n) is 22.5. The molecule has 4 rings (SSSR count). The summed E-state index contributed by atoms with van der Waals surface area (Å²) in [6.45, 7) is 8.75. The molecular weight excluding hydrogens is 496 g/mol. The fraction of sp³-hybridized carbons (Fsp3) is 0.323. The molecule has 0 spiro atoms. The predicted molar refractivity (Wildman–Crippen MR) is 155 cm³/mol. The molecule has 2 amide bonds. The number of hydrogen-bond donors (Lipinski definition) is 1. The molecule has 4 aromatic rings. The average molecular weight is 531 g/mol. The number of carbonyl (C=O) groups is 2. The monoisotopic (exact) mass is 530 g/mol. The Morgan fingerprint density at radius 3 is 2.37 bits per heavy atom. The van der Waals surface area contributed by atoms with Crippen molar-refractivity contribution >= 4 is 40.0 Å². The van der Waals surface area contributed by atoms with E-state index in [1.165, 1.54) is 0 Å². The Morgan fingerprint density at radius 1 is 0.947 bits per heavy atom. The predicted octanol–water partition coefficient (Wildman–Crippen LogP) is 7.25. The van der Waals surface area contributed by atoms with Crippen molar-refractivity contribution in [1.82, 2.24) is 14.7 Å². The number of aromatic nitrogens is 2. The van der Waals surface area contributed by atoms with Crippen LogP contribution >= 0.6 is 11.6 Å². The molecular formula is C31H35ClN4O2. The van der Waals surface area contributed by atoms with Crippen molar-refractivity contribution in [1.29, 1.82) is 0 Å². The minimum atomic E-state index is -0.288. The molecule has 0 saturated heterocycles. The second kappa shape index (κ2) is 11.8. The lowest BCUT2D eigenvalue weighted by atomic mass is 9.92. The number of rotatable bonds is 9. The molecule has 0 radical (unpaired) electrons. The molecule has 0 bridgehead atoms. The number of nitrogens with zero attached hydrogens (tertiary/aromatic N) is 3. The second-order valence-electron chi connectivity index (χ2n) is 10.6. The SMILES string of the molecule is CCCCCN(CC(=O)Nc1cc(C(C)(C)C)nn1-c1ccccc1Cl)C(=O)c1ccc2ccccc2c1. The summed E-state index contributed by atoms with van der Waals surface area (Å²) in [4.78, 5) is 28.5. The van der Waals surface area contributed by atoms with E-state index in [0.29, 0.717) is 28.6 Å². The largest absolute Gasteiger partial charge is 0.329 e. The summed E-state index contributed by atoms with van der Waals surface area (Å²) in [5.74, 6) is 0.0704. The lowest BCUT2D eigenvalue weighted by molar-refractivity contribution is -0.117. The number of halogens is 1. The maximum atomic E-state index is 13.6. The van der Waals surface area contributed by atoms with Gasteiger partial charge in [-0.3, -0.25) is 9.59 Å². The molecule has 0 fully saturated rings. The Labute approximate surface area is 229 Å². The van der Waals surface area contributed by atoms with Crippen LogP contribution in [0, 0.1) is 0 Å². The summed E-state index contributed by atoms with van der Waals surface area (Å²) in [5.41, 5.74) is 1.83. The molecule has 0 aliphatic heterocycles. The van der Waals surface area contributed by atoms with Crippen LogP contribution in [-0.4, -0.2) is 39.6 Å². The fourth-order valence-electron chi connectivity index (χ4n) is 4.31. The molecule has 0 atom stereocenters.